The molecule has 0 saturated carbocycles. The predicted molar refractivity (Wildman–Crippen MR) is 77.9 cm³/mol. The first-order valence-corrected chi connectivity index (χ1v) is 6.12. The summed E-state index contributed by atoms with van der Waals surface area (Å²) in [5.74, 6) is 0.938. The molecular formula is C14H16N2OS. The van der Waals surface area contributed by atoms with Crippen molar-refractivity contribution < 1.29 is 4.42 Å². The minimum Gasteiger partial charge on any atom is -0.467 e. The van der Waals surface area contributed by atoms with Gasteiger partial charge in [-0.2, -0.15) is 0 Å². The molecule has 4 heteroatoms. The van der Waals surface area contributed by atoms with Gasteiger partial charge in [0.25, 0.3) is 0 Å². The van der Waals surface area contributed by atoms with E-state index in [0.717, 1.165) is 29.1 Å². The van der Waals surface area contributed by atoms with Crippen LogP contribution in [0, 0.1) is 6.92 Å². The Kier molecular flexibility index (Phi) is 3.67. The fourth-order valence-electron chi connectivity index (χ4n) is 1.89. The molecule has 1 aromatic heterocycles. The third-order valence-corrected chi connectivity index (χ3v) is 3.11. The summed E-state index contributed by atoms with van der Waals surface area (Å²) in [6, 6.07) is 9.92. The molecule has 0 bridgehead atoms. The summed E-state index contributed by atoms with van der Waals surface area (Å²) >= 11 is 5.00. The molecule has 0 amide bonds. The van der Waals surface area contributed by atoms with Crippen molar-refractivity contribution in [3.63, 3.8) is 0 Å². The second-order valence-electron chi connectivity index (χ2n) is 4.30. The van der Waals surface area contributed by atoms with Gasteiger partial charge in [0.2, 0.25) is 0 Å². The van der Waals surface area contributed by atoms with Gasteiger partial charge in [0, 0.05) is 18.3 Å². The maximum Gasteiger partial charge on any atom is 0.123 e. The summed E-state index contributed by atoms with van der Waals surface area (Å²) in [5, 5.41) is 0. The molecule has 1 aromatic carbocycles. The summed E-state index contributed by atoms with van der Waals surface area (Å²) in [6.45, 7) is 2.75. The summed E-state index contributed by atoms with van der Waals surface area (Å²) in [4.78, 5) is 2.56. The molecule has 2 aromatic rings. The molecule has 0 saturated heterocycles. The van der Waals surface area contributed by atoms with Crippen LogP contribution in [-0.2, 0) is 6.54 Å². The minimum atomic E-state index is 0.438. The van der Waals surface area contributed by atoms with Crippen molar-refractivity contribution in [3.8, 4) is 0 Å². The molecule has 1 heterocycles. The molecule has 0 unspecified atom stereocenters. The molecule has 0 spiro atoms. The van der Waals surface area contributed by atoms with Gasteiger partial charge in [0.15, 0.2) is 0 Å². The predicted octanol–water partition coefficient (Wildman–Crippen LogP) is 2.86. The highest BCUT2D eigenvalue weighted by atomic mass is 32.1. The van der Waals surface area contributed by atoms with Crippen molar-refractivity contribution in [2.24, 2.45) is 5.73 Å². The van der Waals surface area contributed by atoms with Crippen molar-refractivity contribution in [3.05, 3.63) is 53.5 Å². The third-order valence-electron chi connectivity index (χ3n) is 2.89. The molecule has 18 heavy (non-hydrogen) atoms. The summed E-state index contributed by atoms with van der Waals surface area (Å²) in [6.07, 6.45) is 1.68. The van der Waals surface area contributed by atoms with Crippen molar-refractivity contribution >= 4 is 22.9 Å². The van der Waals surface area contributed by atoms with Gasteiger partial charge in [0.1, 0.15) is 10.7 Å². The SMILES string of the molecule is Cc1cc(N(C)Cc2ccco2)ccc1C(N)=S. The first-order chi connectivity index (χ1) is 8.58. The molecule has 3 nitrogen and oxygen atoms in total. The highest BCUT2D eigenvalue weighted by molar-refractivity contribution is 7.80. The number of aryl methyl sites for hydroxylation is 1. The normalized spacial score (nSPS) is 10.3. The summed E-state index contributed by atoms with van der Waals surface area (Å²) in [5.41, 5.74) is 8.79. The van der Waals surface area contributed by atoms with Gasteiger partial charge in [-0.05, 0) is 42.8 Å². The topological polar surface area (TPSA) is 42.4 Å². The van der Waals surface area contributed by atoms with E-state index >= 15 is 0 Å². The molecule has 0 fully saturated rings. The first-order valence-electron chi connectivity index (χ1n) is 5.72. The van der Waals surface area contributed by atoms with Crippen LogP contribution >= 0.6 is 12.2 Å². The van der Waals surface area contributed by atoms with Crippen molar-refractivity contribution in [2.75, 3.05) is 11.9 Å². The fourth-order valence-corrected chi connectivity index (χ4v) is 2.12. The zero-order valence-corrected chi connectivity index (χ0v) is 11.3. The Morgan fingerprint density at radius 3 is 2.72 bits per heavy atom. The van der Waals surface area contributed by atoms with Crippen LogP contribution in [0.5, 0.6) is 0 Å². The quantitative estimate of drug-likeness (QED) is 0.858. The number of furan rings is 1. The number of anilines is 1. The Hall–Kier alpha value is -1.81. The highest BCUT2D eigenvalue weighted by Gasteiger charge is 2.07. The van der Waals surface area contributed by atoms with Crippen LogP contribution in [0.15, 0.2) is 41.0 Å². The summed E-state index contributed by atoms with van der Waals surface area (Å²) < 4.78 is 5.34. The fraction of sp³-hybridized carbons (Fsp3) is 0.214. The van der Waals surface area contributed by atoms with Crippen LogP contribution in [0.1, 0.15) is 16.9 Å². The lowest BCUT2D eigenvalue weighted by molar-refractivity contribution is 0.507. The van der Waals surface area contributed by atoms with E-state index in [4.69, 9.17) is 22.4 Å². The number of nitrogens with zero attached hydrogens (tertiary/aromatic N) is 1. The maximum absolute atomic E-state index is 5.65. The van der Waals surface area contributed by atoms with Gasteiger partial charge >= 0.3 is 0 Å². The number of hydrogen-bond donors (Lipinski definition) is 1. The number of benzene rings is 1. The largest absolute Gasteiger partial charge is 0.467 e. The minimum absolute atomic E-state index is 0.438. The molecule has 2 N–H and O–H groups in total. The van der Waals surface area contributed by atoms with Gasteiger partial charge in [0.05, 0.1) is 12.8 Å². The molecule has 0 atom stereocenters. The van der Waals surface area contributed by atoms with Crippen LogP contribution in [0.3, 0.4) is 0 Å². The van der Waals surface area contributed by atoms with Crippen molar-refractivity contribution in [2.45, 2.75) is 13.5 Å². The zero-order valence-electron chi connectivity index (χ0n) is 10.5. The van der Waals surface area contributed by atoms with Gasteiger partial charge in [-0.1, -0.05) is 12.2 Å². The van der Waals surface area contributed by atoms with Crippen LogP contribution in [0.4, 0.5) is 5.69 Å². The lowest BCUT2D eigenvalue weighted by Gasteiger charge is -2.19. The lowest BCUT2D eigenvalue weighted by atomic mass is 10.1. The van der Waals surface area contributed by atoms with Gasteiger partial charge < -0.3 is 15.1 Å². The van der Waals surface area contributed by atoms with E-state index in [1.807, 2.05) is 38.2 Å². The molecule has 0 radical (unpaired) electrons. The third kappa shape index (κ3) is 2.71. The Balaban J connectivity index is 2.18. The van der Waals surface area contributed by atoms with E-state index in [0.29, 0.717) is 4.99 Å². The highest BCUT2D eigenvalue weighted by Crippen LogP contribution is 2.20. The monoisotopic (exact) mass is 260 g/mol. The van der Waals surface area contributed by atoms with Gasteiger partial charge in [-0.25, -0.2) is 0 Å². The second-order valence-corrected chi connectivity index (χ2v) is 4.74. The molecule has 2 rings (SSSR count). The van der Waals surface area contributed by atoms with E-state index in [2.05, 4.69) is 11.0 Å². The van der Waals surface area contributed by atoms with E-state index in [1.54, 1.807) is 6.26 Å². The van der Waals surface area contributed by atoms with E-state index in [9.17, 15) is 0 Å². The number of hydrogen-bond acceptors (Lipinski definition) is 3. The van der Waals surface area contributed by atoms with Gasteiger partial charge in [-0.3, -0.25) is 0 Å². The molecular weight excluding hydrogens is 244 g/mol. The number of thiocarbonyl (C=S) groups is 1. The average Bonchev–Trinajstić information content (AvgIpc) is 2.81. The molecule has 0 aliphatic rings. The van der Waals surface area contributed by atoms with Crippen LogP contribution in [0.2, 0.25) is 0 Å². The second kappa shape index (κ2) is 5.23. The Labute approximate surface area is 112 Å². The first kappa shape index (κ1) is 12.6. The van der Waals surface area contributed by atoms with Crippen LogP contribution < -0.4 is 10.6 Å². The lowest BCUT2D eigenvalue weighted by Crippen LogP contribution is -2.17. The van der Waals surface area contributed by atoms with E-state index in [-0.39, 0.29) is 0 Å². The molecule has 0 aliphatic carbocycles. The molecule has 94 valence electrons. The Morgan fingerprint density at radius 1 is 1.39 bits per heavy atom. The Bertz CT molecular complexity index is 549. The van der Waals surface area contributed by atoms with Crippen LogP contribution in [-0.4, -0.2) is 12.0 Å². The van der Waals surface area contributed by atoms with Crippen LogP contribution in [0.25, 0.3) is 0 Å². The van der Waals surface area contributed by atoms with Crippen molar-refractivity contribution in [1.82, 2.24) is 0 Å². The average molecular weight is 260 g/mol. The summed E-state index contributed by atoms with van der Waals surface area (Å²) in [7, 11) is 2.03. The zero-order chi connectivity index (χ0) is 13.1. The van der Waals surface area contributed by atoms with Gasteiger partial charge in [-0.15, -0.1) is 0 Å². The van der Waals surface area contributed by atoms with Crippen molar-refractivity contribution in [1.29, 1.82) is 0 Å². The number of rotatable bonds is 4. The van der Waals surface area contributed by atoms with E-state index in [1.165, 1.54) is 0 Å². The smallest absolute Gasteiger partial charge is 0.123 e. The molecule has 0 aliphatic heterocycles. The van der Waals surface area contributed by atoms with E-state index < -0.39 is 0 Å². The maximum atomic E-state index is 5.65. The number of nitrogens with two attached hydrogens (primary N) is 1. The standard InChI is InChI=1S/C14H16N2OS/c1-10-8-11(5-6-13(10)14(15)18)16(2)9-12-4-3-7-17-12/h3-8H,9H2,1-2H3,(H2,15,18). The Morgan fingerprint density at radius 2 is 2.17 bits per heavy atom.